The average Bonchev–Trinajstić information content (AvgIpc) is 3.17. The molecular formula is C22H21N5O4S2. The summed E-state index contributed by atoms with van der Waals surface area (Å²) in [5, 5.41) is 0.845. The molecule has 0 saturated carbocycles. The summed E-state index contributed by atoms with van der Waals surface area (Å²) >= 11 is -0.147. The smallest absolute Gasteiger partial charge is 0.300 e. The zero-order valence-corrected chi connectivity index (χ0v) is 19.9. The van der Waals surface area contributed by atoms with Crippen LogP contribution < -0.4 is 19.8 Å². The Morgan fingerprint density at radius 2 is 2.12 bits per heavy atom. The molecule has 4 aromatic heterocycles. The summed E-state index contributed by atoms with van der Waals surface area (Å²) < 4.78 is 29.0. The predicted molar refractivity (Wildman–Crippen MR) is 127 cm³/mol. The zero-order valence-electron chi connectivity index (χ0n) is 18.2. The second-order valence-corrected chi connectivity index (χ2v) is 10.2. The third-order valence-electron chi connectivity index (χ3n) is 5.27. The highest BCUT2D eigenvalue weighted by Gasteiger charge is 2.23. The number of aryl methyl sites for hydroxylation is 3. The molecule has 0 saturated heterocycles. The van der Waals surface area contributed by atoms with Crippen molar-refractivity contribution in [1.29, 1.82) is 0 Å². The standard InChI is InChI=1S/C22H21N5O4S2/c1-12-22(32-13(2)24-12)33(29)26-17-9-15(10-23-20(17)30-3)14-6-7-18-25-16-5-4-8-31-19(16)21(28)27(18)11-14/h6-7,9-11,26H,4-5,8H2,1-3H3. The third kappa shape index (κ3) is 4.03. The average molecular weight is 484 g/mol. The lowest BCUT2D eigenvalue weighted by atomic mass is 10.1. The molecule has 1 aliphatic heterocycles. The molecule has 1 N–H and O–H groups in total. The van der Waals surface area contributed by atoms with Gasteiger partial charge in [-0.05, 0) is 44.9 Å². The van der Waals surface area contributed by atoms with Gasteiger partial charge in [0.1, 0.15) is 28.4 Å². The first kappa shape index (κ1) is 21.7. The first-order chi connectivity index (χ1) is 15.9. The Kier molecular flexibility index (Phi) is 5.69. The number of thiazole rings is 1. The molecule has 1 unspecified atom stereocenters. The van der Waals surface area contributed by atoms with E-state index >= 15 is 0 Å². The van der Waals surface area contributed by atoms with Crippen LogP contribution in [-0.4, -0.2) is 37.6 Å². The van der Waals surface area contributed by atoms with Gasteiger partial charge >= 0.3 is 5.56 Å². The van der Waals surface area contributed by atoms with E-state index in [1.807, 2.05) is 19.9 Å². The Labute approximate surface area is 196 Å². The fourth-order valence-electron chi connectivity index (χ4n) is 3.74. The van der Waals surface area contributed by atoms with Crippen molar-refractivity contribution >= 4 is 34.0 Å². The van der Waals surface area contributed by atoms with Crippen LogP contribution >= 0.6 is 11.3 Å². The fourth-order valence-corrected chi connectivity index (χ4v) is 5.93. The van der Waals surface area contributed by atoms with Crippen molar-refractivity contribution in [2.45, 2.75) is 30.9 Å². The summed E-state index contributed by atoms with van der Waals surface area (Å²) in [7, 11) is 1.50. The van der Waals surface area contributed by atoms with Gasteiger partial charge in [0.15, 0.2) is 0 Å². The number of rotatable bonds is 5. The molecule has 33 heavy (non-hydrogen) atoms. The van der Waals surface area contributed by atoms with Crippen LogP contribution in [0.4, 0.5) is 5.69 Å². The number of pyridine rings is 2. The monoisotopic (exact) mass is 483 g/mol. The zero-order chi connectivity index (χ0) is 23.1. The Bertz CT molecular complexity index is 1420. The second-order valence-electron chi connectivity index (χ2n) is 7.55. The summed E-state index contributed by atoms with van der Waals surface area (Å²) in [6.45, 7) is 4.22. The Morgan fingerprint density at radius 1 is 1.27 bits per heavy atom. The van der Waals surface area contributed by atoms with Crippen LogP contribution in [0.15, 0.2) is 39.6 Å². The van der Waals surface area contributed by atoms with E-state index in [1.165, 1.54) is 22.8 Å². The Morgan fingerprint density at radius 3 is 2.88 bits per heavy atom. The maximum absolute atomic E-state index is 13.0. The lowest BCUT2D eigenvalue weighted by molar-refractivity contribution is 0.280. The van der Waals surface area contributed by atoms with Crippen LogP contribution in [0.5, 0.6) is 11.6 Å². The van der Waals surface area contributed by atoms with Gasteiger partial charge in [0.05, 0.1) is 24.4 Å². The maximum Gasteiger partial charge on any atom is 0.300 e. The molecule has 0 bridgehead atoms. The van der Waals surface area contributed by atoms with E-state index in [-0.39, 0.29) is 5.56 Å². The van der Waals surface area contributed by atoms with E-state index < -0.39 is 11.4 Å². The number of aromatic nitrogens is 4. The van der Waals surface area contributed by atoms with Crippen molar-refractivity contribution in [3.63, 3.8) is 0 Å². The van der Waals surface area contributed by atoms with Crippen molar-refractivity contribution in [1.82, 2.24) is 19.4 Å². The molecule has 0 amide bonds. The van der Waals surface area contributed by atoms with Gasteiger partial charge in [-0.25, -0.2) is 15.0 Å². The summed E-state index contributed by atoms with van der Waals surface area (Å²) in [5.41, 5.74) is 3.69. The van der Waals surface area contributed by atoms with E-state index in [2.05, 4.69) is 19.7 Å². The van der Waals surface area contributed by atoms with E-state index in [0.29, 0.717) is 39.5 Å². The minimum Gasteiger partial charge on any atom is -0.587 e. The number of anilines is 1. The van der Waals surface area contributed by atoms with Crippen LogP contribution in [0.2, 0.25) is 0 Å². The number of fused-ring (bicyclic) bond motifs is 2. The van der Waals surface area contributed by atoms with Crippen LogP contribution in [0.1, 0.15) is 22.8 Å². The van der Waals surface area contributed by atoms with Gasteiger partial charge in [0.25, 0.3) is 4.21 Å². The molecule has 4 aromatic rings. The maximum atomic E-state index is 13.0. The van der Waals surface area contributed by atoms with Gasteiger partial charge in [-0.1, -0.05) is 11.3 Å². The summed E-state index contributed by atoms with van der Waals surface area (Å²) in [6.07, 6.45) is 4.94. The largest absolute Gasteiger partial charge is 0.587 e. The number of methoxy groups -OCH3 is 1. The number of nitrogens with zero attached hydrogens (tertiary/aromatic N) is 4. The molecule has 170 valence electrons. The van der Waals surface area contributed by atoms with Crippen LogP contribution in [0.3, 0.4) is 0 Å². The molecule has 0 radical (unpaired) electrons. The lowest BCUT2D eigenvalue weighted by Crippen LogP contribution is -2.24. The molecule has 5 heterocycles. The molecule has 1 atom stereocenters. The van der Waals surface area contributed by atoms with Gasteiger partial charge in [0.2, 0.25) is 11.6 Å². The Hall–Kier alpha value is -3.15. The predicted octanol–water partition coefficient (Wildman–Crippen LogP) is 3.30. The van der Waals surface area contributed by atoms with Crippen LogP contribution in [-0.2, 0) is 17.8 Å². The topological polar surface area (TPSA) is 114 Å². The van der Waals surface area contributed by atoms with Crippen molar-refractivity contribution < 1.29 is 14.0 Å². The fraction of sp³-hybridized carbons (Fsp3) is 0.273. The molecule has 9 nitrogen and oxygen atoms in total. The minimum atomic E-state index is -1.53. The number of nitrogens with one attached hydrogen (secondary N) is 1. The van der Waals surface area contributed by atoms with Crippen LogP contribution in [0, 0.1) is 13.8 Å². The normalized spacial score (nSPS) is 13.9. The first-order valence-electron chi connectivity index (χ1n) is 10.3. The molecule has 0 fully saturated rings. The number of hydrogen-bond donors (Lipinski definition) is 1. The van der Waals surface area contributed by atoms with Crippen molar-refractivity contribution in [2.24, 2.45) is 0 Å². The molecular weight excluding hydrogens is 462 g/mol. The Balaban J connectivity index is 1.53. The highest BCUT2D eigenvalue weighted by molar-refractivity contribution is 7.94. The van der Waals surface area contributed by atoms with Crippen molar-refractivity contribution in [3.05, 3.63) is 57.3 Å². The molecule has 0 aliphatic carbocycles. The van der Waals surface area contributed by atoms with E-state index in [0.717, 1.165) is 34.7 Å². The molecule has 0 spiro atoms. The second kappa shape index (κ2) is 8.65. The number of hydrogen-bond acceptors (Lipinski definition) is 9. The molecule has 5 rings (SSSR count). The van der Waals surface area contributed by atoms with E-state index in [9.17, 15) is 9.35 Å². The van der Waals surface area contributed by atoms with Crippen molar-refractivity contribution in [2.75, 3.05) is 18.4 Å². The number of ether oxygens (including phenoxy) is 2. The van der Waals surface area contributed by atoms with E-state index in [1.54, 1.807) is 24.5 Å². The quantitative estimate of drug-likeness (QED) is 0.430. The van der Waals surface area contributed by atoms with Gasteiger partial charge in [-0.15, -0.1) is 0 Å². The van der Waals surface area contributed by atoms with Gasteiger partial charge in [-0.2, -0.15) is 4.72 Å². The van der Waals surface area contributed by atoms with Crippen LogP contribution in [0.25, 0.3) is 16.8 Å². The van der Waals surface area contributed by atoms with E-state index in [4.69, 9.17) is 9.47 Å². The SMILES string of the molecule is COc1ncc(-c2ccc3nc4c(c(=O)n3c2)OCCC4)cc1N[S+]([O-])c1sc(C)nc1C. The molecule has 1 aliphatic rings. The summed E-state index contributed by atoms with van der Waals surface area (Å²) in [5.74, 6) is 0.629. The van der Waals surface area contributed by atoms with Gasteiger partial charge in [-0.3, -0.25) is 9.20 Å². The lowest BCUT2D eigenvalue weighted by Gasteiger charge is -2.17. The summed E-state index contributed by atoms with van der Waals surface area (Å²) in [4.78, 5) is 26.3. The first-order valence-corrected chi connectivity index (χ1v) is 12.3. The highest BCUT2D eigenvalue weighted by Crippen LogP contribution is 2.32. The minimum absolute atomic E-state index is 0.228. The summed E-state index contributed by atoms with van der Waals surface area (Å²) in [6, 6.07) is 5.46. The van der Waals surface area contributed by atoms with Crippen molar-refractivity contribution in [3.8, 4) is 22.8 Å². The molecule has 11 heteroatoms. The highest BCUT2D eigenvalue weighted by atomic mass is 32.2. The van der Waals surface area contributed by atoms with Gasteiger partial charge in [0, 0.05) is 23.5 Å². The third-order valence-corrected chi connectivity index (χ3v) is 7.87. The molecule has 0 aromatic carbocycles. The van der Waals surface area contributed by atoms with Gasteiger partial charge < -0.3 is 14.0 Å².